The number of hydrogen-bond acceptors (Lipinski definition) is 7. The van der Waals surface area contributed by atoms with E-state index in [-0.39, 0.29) is 11.7 Å². The van der Waals surface area contributed by atoms with Gasteiger partial charge in [0.15, 0.2) is 5.16 Å². The minimum absolute atomic E-state index is 0.0670. The molecule has 1 unspecified atom stereocenters. The van der Waals surface area contributed by atoms with Crippen molar-refractivity contribution >= 4 is 45.1 Å². The van der Waals surface area contributed by atoms with Gasteiger partial charge in [0.05, 0.1) is 5.75 Å². The number of nitrogens with one attached hydrogen (secondary N) is 2. The van der Waals surface area contributed by atoms with E-state index >= 15 is 0 Å². The van der Waals surface area contributed by atoms with Gasteiger partial charge in [0.2, 0.25) is 15.9 Å². The fourth-order valence-electron chi connectivity index (χ4n) is 2.46. The Kier molecular flexibility index (Phi) is 8.94. The lowest BCUT2D eigenvalue weighted by molar-refractivity contribution is -0.117. The largest absolute Gasteiger partial charge is 0.325 e. The quantitative estimate of drug-likeness (QED) is 0.532. The van der Waals surface area contributed by atoms with E-state index < -0.39 is 16.1 Å². The first-order valence-corrected chi connectivity index (χ1v) is 13.0. The number of thioether (sulfide) groups is 1. The molecule has 0 radical (unpaired) electrons. The minimum Gasteiger partial charge on any atom is -0.325 e. The van der Waals surface area contributed by atoms with Crippen LogP contribution < -0.4 is 10.0 Å². The van der Waals surface area contributed by atoms with Crippen molar-refractivity contribution in [2.75, 3.05) is 23.1 Å². The average Bonchev–Trinajstić information content (AvgIpc) is 2.65. The van der Waals surface area contributed by atoms with Crippen LogP contribution in [-0.2, 0) is 14.8 Å². The smallest absolute Gasteiger partial charge is 0.242 e. The van der Waals surface area contributed by atoms with Gasteiger partial charge in [-0.1, -0.05) is 0 Å². The molecule has 7 nitrogen and oxygen atoms in total. The van der Waals surface area contributed by atoms with Gasteiger partial charge in [-0.3, -0.25) is 4.79 Å². The zero-order chi connectivity index (χ0) is 21.4. The zero-order valence-corrected chi connectivity index (χ0v) is 19.4. The van der Waals surface area contributed by atoms with Gasteiger partial charge in [-0.05, 0) is 81.3 Å². The predicted octanol–water partition coefficient (Wildman–Crippen LogP) is 3.24. The van der Waals surface area contributed by atoms with Crippen LogP contribution in [0.2, 0.25) is 0 Å². The van der Waals surface area contributed by atoms with Crippen LogP contribution in [0.25, 0.3) is 0 Å². The molecule has 0 saturated heterocycles. The molecule has 2 rings (SSSR count). The molecule has 1 aromatic carbocycles. The third kappa shape index (κ3) is 7.96. The lowest BCUT2D eigenvalue weighted by Crippen LogP contribution is -2.44. The molecular weight excluding hydrogens is 428 g/mol. The number of amides is 1. The second-order valence-electron chi connectivity index (χ2n) is 6.40. The van der Waals surface area contributed by atoms with Crippen LogP contribution in [0.5, 0.6) is 0 Å². The molecular formula is C19H26N4O3S3. The number of hydrogen-bond donors (Lipinski definition) is 2. The third-order valence-electron chi connectivity index (χ3n) is 3.92. The summed E-state index contributed by atoms with van der Waals surface area (Å²) in [6, 6.07) is 8.42. The Labute approximate surface area is 180 Å². The van der Waals surface area contributed by atoms with Crippen molar-refractivity contribution in [3.8, 4) is 0 Å². The highest BCUT2D eigenvalue weighted by molar-refractivity contribution is 7.99. The molecule has 0 saturated carbocycles. The van der Waals surface area contributed by atoms with Crippen LogP contribution in [0.3, 0.4) is 0 Å². The number of anilines is 1. The molecule has 1 aromatic heterocycles. The highest BCUT2D eigenvalue weighted by Crippen LogP contribution is 2.26. The first kappa shape index (κ1) is 23.7. The predicted molar refractivity (Wildman–Crippen MR) is 120 cm³/mol. The van der Waals surface area contributed by atoms with Gasteiger partial charge in [-0.25, -0.2) is 23.1 Å². The summed E-state index contributed by atoms with van der Waals surface area (Å²) in [6.45, 7) is 5.40. The Morgan fingerprint density at radius 2 is 1.76 bits per heavy atom. The molecule has 0 fully saturated rings. The number of benzene rings is 1. The van der Waals surface area contributed by atoms with Gasteiger partial charge in [-0.2, -0.15) is 11.8 Å². The van der Waals surface area contributed by atoms with Crippen molar-refractivity contribution in [1.82, 2.24) is 14.7 Å². The van der Waals surface area contributed by atoms with Gasteiger partial charge < -0.3 is 5.32 Å². The molecule has 0 spiro atoms. The molecule has 2 aromatic rings. The summed E-state index contributed by atoms with van der Waals surface area (Å²) < 4.78 is 26.2. The summed E-state index contributed by atoms with van der Waals surface area (Å²) >= 11 is 3.01. The highest BCUT2D eigenvalue weighted by Gasteiger charge is 2.23. The Hall–Kier alpha value is -1.62. The van der Waals surface area contributed by atoms with E-state index in [2.05, 4.69) is 20.0 Å². The van der Waals surface area contributed by atoms with Crippen LogP contribution in [0.4, 0.5) is 5.69 Å². The summed E-state index contributed by atoms with van der Waals surface area (Å²) in [6.07, 6.45) is 2.34. The molecule has 158 valence electrons. The number of carbonyl (C=O) groups excluding carboxylic acids is 1. The van der Waals surface area contributed by atoms with Gasteiger partial charge >= 0.3 is 0 Å². The molecule has 0 aliphatic rings. The number of rotatable bonds is 10. The van der Waals surface area contributed by atoms with E-state index in [1.807, 2.05) is 38.3 Å². The average molecular weight is 455 g/mol. The number of aryl methyl sites for hydroxylation is 2. The molecule has 1 heterocycles. The molecule has 0 bridgehead atoms. The van der Waals surface area contributed by atoms with E-state index in [0.717, 1.165) is 16.3 Å². The van der Waals surface area contributed by atoms with Crippen molar-refractivity contribution in [3.05, 3.63) is 41.7 Å². The van der Waals surface area contributed by atoms with Gasteiger partial charge in [0.1, 0.15) is 6.04 Å². The van der Waals surface area contributed by atoms with Crippen molar-refractivity contribution in [2.24, 2.45) is 0 Å². The van der Waals surface area contributed by atoms with Crippen LogP contribution in [-0.4, -0.2) is 48.1 Å². The van der Waals surface area contributed by atoms with E-state index in [9.17, 15) is 13.2 Å². The minimum atomic E-state index is -3.47. The SMILES string of the molecule is CCS(=O)(=O)NC(CCSC)C(=O)Nc1ccc(Sc2nc(C)cc(C)n2)cc1. The van der Waals surface area contributed by atoms with Crippen LogP contribution in [0.1, 0.15) is 24.7 Å². The maximum atomic E-state index is 12.6. The molecule has 0 aliphatic carbocycles. The second-order valence-corrected chi connectivity index (χ2v) is 10.5. The Balaban J connectivity index is 2.05. The van der Waals surface area contributed by atoms with Crippen LogP contribution in [0, 0.1) is 13.8 Å². The first-order chi connectivity index (χ1) is 13.7. The summed E-state index contributed by atoms with van der Waals surface area (Å²) in [5.41, 5.74) is 2.43. The van der Waals surface area contributed by atoms with Crippen LogP contribution in [0.15, 0.2) is 40.4 Å². The maximum Gasteiger partial charge on any atom is 0.242 e. The second kappa shape index (κ2) is 11.0. The summed E-state index contributed by atoms with van der Waals surface area (Å²) in [5, 5.41) is 3.46. The Morgan fingerprint density at radius 3 is 2.31 bits per heavy atom. The van der Waals surface area contributed by atoms with E-state index in [0.29, 0.717) is 23.0 Å². The standard InChI is InChI=1S/C19H26N4O3S3/c1-5-29(25,26)23-17(10-11-27-4)18(24)22-15-6-8-16(9-7-15)28-19-20-13(2)12-14(3)21-19/h6-9,12,17,23H,5,10-11H2,1-4H3,(H,22,24). The lowest BCUT2D eigenvalue weighted by atomic mass is 10.2. The van der Waals surface area contributed by atoms with E-state index in [4.69, 9.17) is 0 Å². The Morgan fingerprint density at radius 1 is 1.14 bits per heavy atom. The third-order valence-corrected chi connectivity index (χ3v) is 6.84. The van der Waals surface area contributed by atoms with E-state index in [1.54, 1.807) is 30.8 Å². The molecule has 10 heteroatoms. The zero-order valence-electron chi connectivity index (χ0n) is 16.9. The Bertz CT molecular complexity index is 914. The monoisotopic (exact) mass is 454 g/mol. The van der Waals surface area contributed by atoms with Crippen molar-refractivity contribution in [2.45, 2.75) is 43.3 Å². The molecule has 2 N–H and O–H groups in total. The highest BCUT2D eigenvalue weighted by atomic mass is 32.2. The summed E-state index contributed by atoms with van der Waals surface area (Å²) in [7, 11) is -3.47. The maximum absolute atomic E-state index is 12.6. The number of nitrogens with zero attached hydrogens (tertiary/aromatic N) is 2. The van der Waals surface area contributed by atoms with E-state index in [1.165, 1.54) is 11.8 Å². The van der Waals surface area contributed by atoms with Crippen LogP contribution >= 0.6 is 23.5 Å². The number of aromatic nitrogens is 2. The topological polar surface area (TPSA) is 101 Å². The van der Waals surface area contributed by atoms with Crippen molar-refractivity contribution < 1.29 is 13.2 Å². The number of sulfonamides is 1. The summed E-state index contributed by atoms with van der Waals surface area (Å²) in [4.78, 5) is 22.4. The fourth-order valence-corrected chi connectivity index (χ4v) is 4.62. The van der Waals surface area contributed by atoms with Gasteiger partial charge in [0.25, 0.3) is 0 Å². The van der Waals surface area contributed by atoms with Gasteiger partial charge in [0, 0.05) is 22.0 Å². The molecule has 1 atom stereocenters. The van der Waals surface area contributed by atoms with Crippen molar-refractivity contribution in [3.63, 3.8) is 0 Å². The van der Waals surface area contributed by atoms with Crippen molar-refractivity contribution in [1.29, 1.82) is 0 Å². The number of carbonyl (C=O) groups is 1. The summed E-state index contributed by atoms with van der Waals surface area (Å²) in [5.74, 6) is 0.243. The fraction of sp³-hybridized carbons (Fsp3) is 0.421. The van der Waals surface area contributed by atoms with Gasteiger partial charge in [-0.15, -0.1) is 0 Å². The molecule has 0 aliphatic heterocycles. The first-order valence-electron chi connectivity index (χ1n) is 9.12. The molecule has 29 heavy (non-hydrogen) atoms. The lowest BCUT2D eigenvalue weighted by Gasteiger charge is -2.18. The normalized spacial score (nSPS) is 12.6. The molecule has 1 amide bonds.